The van der Waals surface area contributed by atoms with Gasteiger partial charge in [0.05, 0.1) is 18.8 Å². The Hall–Kier alpha value is -1.17. The molecule has 0 spiro atoms. The molecule has 3 aliphatic carbocycles. The Balaban J connectivity index is 1.68. The van der Waals surface area contributed by atoms with Crippen LogP contribution in [0.25, 0.3) is 0 Å². The van der Waals surface area contributed by atoms with Crippen LogP contribution in [0.4, 0.5) is 0 Å². The Morgan fingerprint density at radius 2 is 1.90 bits per heavy atom. The summed E-state index contributed by atoms with van der Waals surface area (Å²) in [5.74, 6) is 0.736. The van der Waals surface area contributed by atoms with Gasteiger partial charge >= 0.3 is 5.97 Å². The molecular formula is C25H40O5. The average molecular weight is 421 g/mol. The van der Waals surface area contributed by atoms with E-state index in [1.807, 2.05) is 0 Å². The fraction of sp³-hybridized carbons (Fsp3) is 0.800. The molecule has 170 valence electrons. The Morgan fingerprint density at radius 1 is 1.23 bits per heavy atom. The van der Waals surface area contributed by atoms with E-state index in [2.05, 4.69) is 26.0 Å². The molecule has 0 aromatic rings. The van der Waals surface area contributed by atoms with Crippen LogP contribution in [0, 0.1) is 23.2 Å². The number of fused-ring (bicyclic) bond motifs is 1. The number of rotatable bonds is 5. The number of carbonyl (C=O) groups is 1. The average Bonchev–Trinajstić information content (AvgIpc) is 3.00. The number of aliphatic hydroxyl groups is 3. The van der Waals surface area contributed by atoms with Crippen molar-refractivity contribution in [2.75, 3.05) is 6.61 Å². The summed E-state index contributed by atoms with van der Waals surface area (Å²) in [6, 6.07) is 0. The van der Waals surface area contributed by atoms with E-state index in [0.29, 0.717) is 37.7 Å². The van der Waals surface area contributed by atoms with Crippen LogP contribution >= 0.6 is 0 Å². The molecule has 0 saturated heterocycles. The molecule has 0 aromatic heterocycles. The largest absolute Gasteiger partial charge is 0.463 e. The summed E-state index contributed by atoms with van der Waals surface area (Å²) in [5.41, 5.74) is 1.39. The van der Waals surface area contributed by atoms with Gasteiger partial charge in [-0.25, -0.2) is 4.79 Å². The topological polar surface area (TPSA) is 87.0 Å². The van der Waals surface area contributed by atoms with E-state index in [1.165, 1.54) is 32.3 Å². The lowest BCUT2D eigenvalue weighted by molar-refractivity contribution is -0.164. The molecule has 5 nitrogen and oxygen atoms in total. The second kappa shape index (κ2) is 9.13. The molecule has 5 heteroatoms. The minimum atomic E-state index is -1.45. The molecular weight excluding hydrogens is 380 g/mol. The molecule has 6 atom stereocenters. The molecule has 1 unspecified atom stereocenters. The predicted octanol–water partition coefficient (Wildman–Crippen LogP) is 3.91. The number of allylic oxidation sites excluding steroid dienone is 3. The van der Waals surface area contributed by atoms with Crippen molar-refractivity contribution in [2.24, 2.45) is 23.2 Å². The maximum atomic E-state index is 12.0. The highest BCUT2D eigenvalue weighted by Gasteiger charge is 2.50. The lowest BCUT2D eigenvalue weighted by Crippen LogP contribution is -2.39. The summed E-state index contributed by atoms with van der Waals surface area (Å²) in [4.78, 5) is 12.0. The summed E-state index contributed by atoms with van der Waals surface area (Å²) in [5, 5.41) is 29.7. The molecule has 3 fully saturated rings. The number of esters is 1. The van der Waals surface area contributed by atoms with Crippen molar-refractivity contribution >= 4 is 5.97 Å². The van der Waals surface area contributed by atoms with Crippen molar-refractivity contribution in [2.45, 2.75) is 96.9 Å². The minimum absolute atomic E-state index is 0.203. The van der Waals surface area contributed by atoms with E-state index in [4.69, 9.17) is 4.74 Å². The highest BCUT2D eigenvalue weighted by Crippen LogP contribution is 2.59. The van der Waals surface area contributed by atoms with Crippen LogP contribution in [0.15, 0.2) is 23.3 Å². The molecule has 0 heterocycles. The summed E-state index contributed by atoms with van der Waals surface area (Å²) < 4.78 is 5.42. The van der Waals surface area contributed by atoms with Crippen molar-refractivity contribution in [3.63, 3.8) is 0 Å². The fourth-order valence-electron chi connectivity index (χ4n) is 6.24. The minimum Gasteiger partial charge on any atom is -0.463 e. The zero-order chi connectivity index (χ0) is 22.1. The van der Waals surface area contributed by atoms with Crippen LogP contribution in [0.5, 0.6) is 0 Å². The maximum absolute atomic E-state index is 12.0. The van der Waals surface area contributed by atoms with Gasteiger partial charge in [0.1, 0.15) is 0 Å². The number of carbonyl (C=O) groups excluding carboxylic acids is 1. The van der Waals surface area contributed by atoms with Crippen LogP contribution in [-0.4, -0.2) is 45.7 Å². The standard InChI is InChI=1S/C25H40O5/c1-16(15-30-23(28)24(2,3)29)21-9-10-22-18(6-5-11-25(21,22)4)8-7-17-12-19(26)14-20(27)13-17/h7-8,16,19-22,26-27,29H,5-6,9-15H2,1-4H3/t16-,19-,20-,21-,22?,25-/m1/s1. The normalized spacial score (nSPS) is 37.0. The summed E-state index contributed by atoms with van der Waals surface area (Å²) in [6.45, 7) is 7.85. The second-order valence-corrected chi connectivity index (χ2v) is 10.7. The monoisotopic (exact) mass is 420 g/mol. The highest BCUT2D eigenvalue weighted by molar-refractivity contribution is 5.78. The SMILES string of the molecule is C[C@H](COC(=O)C(C)(C)O)[C@H]1CCC2C(=CC=C3C[C@@H](O)C[C@H](O)C3)CCC[C@@]21C. The van der Waals surface area contributed by atoms with Gasteiger partial charge in [-0.2, -0.15) is 0 Å². The van der Waals surface area contributed by atoms with Gasteiger partial charge < -0.3 is 20.1 Å². The Kier molecular flexibility index (Phi) is 7.15. The summed E-state index contributed by atoms with van der Waals surface area (Å²) >= 11 is 0. The van der Waals surface area contributed by atoms with Gasteiger partial charge in [0.2, 0.25) is 0 Å². The number of aliphatic hydroxyl groups excluding tert-OH is 2. The van der Waals surface area contributed by atoms with Gasteiger partial charge in [-0.1, -0.05) is 37.1 Å². The number of ether oxygens (including phenoxy) is 1. The van der Waals surface area contributed by atoms with Gasteiger partial charge in [0.15, 0.2) is 5.60 Å². The molecule has 3 N–H and O–H groups in total. The van der Waals surface area contributed by atoms with Gasteiger partial charge in [0.25, 0.3) is 0 Å². The summed E-state index contributed by atoms with van der Waals surface area (Å²) in [7, 11) is 0. The quantitative estimate of drug-likeness (QED) is 0.587. The molecule has 3 rings (SSSR count). The van der Waals surface area contributed by atoms with Crippen LogP contribution in [0.3, 0.4) is 0 Å². The van der Waals surface area contributed by atoms with Gasteiger partial charge in [-0.15, -0.1) is 0 Å². The number of hydrogen-bond acceptors (Lipinski definition) is 5. The molecule has 0 radical (unpaired) electrons. The zero-order valence-electron chi connectivity index (χ0n) is 19.1. The van der Waals surface area contributed by atoms with Gasteiger partial charge in [-0.3, -0.25) is 0 Å². The third-order valence-corrected chi connectivity index (χ3v) is 7.77. The lowest BCUT2D eigenvalue weighted by atomic mass is 9.61. The first-order valence-electron chi connectivity index (χ1n) is 11.6. The Bertz CT molecular complexity index is 676. The van der Waals surface area contributed by atoms with Crippen LogP contribution < -0.4 is 0 Å². The van der Waals surface area contributed by atoms with Crippen molar-refractivity contribution in [3.8, 4) is 0 Å². The first-order chi connectivity index (χ1) is 14.0. The third kappa shape index (κ3) is 5.17. The summed E-state index contributed by atoms with van der Waals surface area (Å²) in [6.07, 6.45) is 11.1. The first kappa shape index (κ1) is 23.5. The van der Waals surface area contributed by atoms with Gasteiger partial charge in [0, 0.05) is 0 Å². The molecule has 0 bridgehead atoms. The molecule has 0 aliphatic heterocycles. The lowest BCUT2D eigenvalue weighted by Gasteiger charge is -2.44. The molecule has 3 aliphatic rings. The van der Waals surface area contributed by atoms with Crippen molar-refractivity contribution in [1.29, 1.82) is 0 Å². The van der Waals surface area contributed by atoms with Gasteiger partial charge in [-0.05, 0) is 88.4 Å². The predicted molar refractivity (Wildman–Crippen MR) is 117 cm³/mol. The van der Waals surface area contributed by atoms with E-state index < -0.39 is 23.8 Å². The molecule has 0 amide bonds. The van der Waals surface area contributed by atoms with Crippen LogP contribution in [0.1, 0.15) is 79.1 Å². The highest BCUT2D eigenvalue weighted by atomic mass is 16.5. The zero-order valence-corrected chi connectivity index (χ0v) is 19.1. The Morgan fingerprint density at radius 3 is 2.53 bits per heavy atom. The van der Waals surface area contributed by atoms with E-state index in [0.717, 1.165) is 24.8 Å². The van der Waals surface area contributed by atoms with E-state index in [1.54, 1.807) is 0 Å². The Labute approximate surface area is 181 Å². The van der Waals surface area contributed by atoms with E-state index in [-0.39, 0.29) is 11.3 Å². The van der Waals surface area contributed by atoms with Crippen LogP contribution in [-0.2, 0) is 9.53 Å². The fourth-order valence-corrected chi connectivity index (χ4v) is 6.24. The first-order valence-corrected chi connectivity index (χ1v) is 11.6. The van der Waals surface area contributed by atoms with Crippen molar-refractivity contribution in [1.82, 2.24) is 0 Å². The van der Waals surface area contributed by atoms with Crippen LogP contribution in [0.2, 0.25) is 0 Å². The smallest absolute Gasteiger partial charge is 0.337 e. The molecule has 3 saturated carbocycles. The number of hydrogen-bond donors (Lipinski definition) is 3. The second-order valence-electron chi connectivity index (χ2n) is 10.7. The molecule has 0 aromatic carbocycles. The van der Waals surface area contributed by atoms with Crippen molar-refractivity contribution < 1.29 is 24.9 Å². The molecule has 30 heavy (non-hydrogen) atoms. The van der Waals surface area contributed by atoms with E-state index in [9.17, 15) is 20.1 Å². The maximum Gasteiger partial charge on any atom is 0.337 e. The van der Waals surface area contributed by atoms with Crippen molar-refractivity contribution in [3.05, 3.63) is 23.3 Å². The third-order valence-electron chi connectivity index (χ3n) is 7.77. The van der Waals surface area contributed by atoms with E-state index >= 15 is 0 Å².